The molecule has 0 aromatic carbocycles. The van der Waals surface area contributed by atoms with E-state index in [9.17, 15) is 4.57 Å². The molecule has 0 amide bonds. The Morgan fingerprint density at radius 3 is 1.71 bits per heavy atom. The molecule has 0 saturated carbocycles. The molecule has 0 aromatic heterocycles. The summed E-state index contributed by atoms with van der Waals surface area (Å²) in [6.07, 6.45) is 1.53. The molecule has 0 aliphatic heterocycles. The third kappa shape index (κ3) is 8.49. The number of allylic oxidation sites excluding steroid dienone is 1. The van der Waals surface area contributed by atoms with Gasteiger partial charge in [0.25, 0.3) is 0 Å². The SMILES string of the molecule is CC(C)CC(=CP(=O)(O)O)CC(C)C. The van der Waals surface area contributed by atoms with Crippen LogP contribution in [-0.4, -0.2) is 9.79 Å². The van der Waals surface area contributed by atoms with Crippen LogP contribution in [0.2, 0.25) is 0 Å². The predicted molar refractivity (Wildman–Crippen MR) is 59.0 cm³/mol. The van der Waals surface area contributed by atoms with Crippen LogP contribution in [0.15, 0.2) is 11.4 Å². The van der Waals surface area contributed by atoms with Gasteiger partial charge in [0.15, 0.2) is 0 Å². The molecule has 0 aliphatic rings. The molecule has 0 aromatic rings. The first-order chi connectivity index (χ1) is 6.20. The first-order valence-corrected chi connectivity index (χ1v) is 6.64. The van der Waals surface area contributed by atoms with Gasteiger partial charge in [0.05, 0.1) is 0 Å². The van der Waals surface area contributed by atoms with Gasteiger partial charge < -0.3 is 9.79 Å². The van der Waals surface area contributed by atoms with Crippen LogP contribution in [0.4, 0.5) is 0 Å². The van der Waals surface area contributed by atoms with E-state index >= 15 is 0 Å². The molecule has 0 aliphatic carbocycles. The van der Waals surface area contributed by atoms with E-state index in [1.54, 1.807) is 0 Å². The predicted octanol–water partition coefficient (Wildman–Crippen LogP) is 3.14. The lowest BCUT2D eigenvalue weighted by atomic mass is 9.97. The van der Waals surface area contributed by atoms with Gasteiger partial charge in [0, 0.05) is 5.82 Å². The van der Waals surface area contributed by atoms with Gasteiger partial charge in [-0.2, -0.15) is 0 Å². The van der Waals surface area contributed by atoms with Crippen molar-refractivity contribution >= 4 is 7.60 Å². The molecule has 0 rings (SSSR count). The lowest BCUT2D eigenvalue weighted by Gasteiger charge is -2.13. The summed E-state index contributed by atoms with van der Waals surface area (Å²) in [6, 6.07) is 0. The summed E-state index contributed by atoms with van der Waals surface area (Å²) in [5.74, 6) is 2.01. The minimum atomic E-state index is -4.00. The molecular formula is C10H21O3P. The Morgan fingerprint density at radius 1 is 1.14 bits per heavy atom. The lowest BCUT2D eigenvalue weighted by molar-refractivity contribution is 0.385. The summed E-state index contributed by atoms with van der Waals surface area (Å²) in [6.45, 7) is 8.20. The standard InChI is InChI=1S/C10H21O3P/c1-8(2)5-10(6-9(3)4)7-14(11,12)13/h7-9H,5-6H2,1-4H3,(H2,11,12,13). The van der Waals surface area contributed by atoms with Crippen LogP contribution in [0.5, 0.6) is 0 Å². The maximum atomic E-state index is 10.8. The third-order valence-corrected chi connectivity index (χ3v) is 2.39. The Morgan fingerprint density at radius 2 is 1.50 bits per heavy atom. The molecule has 14 heavy (non-hydrogen) atoms. The molecule has 0 bridgehead atoms. The minimum Gasteiger partial charge on any atom is -0.321 e. The molecule has 2 N–H and O–H groups in total. The van der Waals surface area contributed by atoms with Crippen LogP contribution in [-0.2, 0) is 4.57 Å². The largest absolute Gasteiger partial charge is 0.349 e. The van der Waals surface area contributed by atoms with Crippen molar-refractivity contribution in [1.29, 1.82) is 0 Å². The Hall–Kier alpha value is -0.110. The summed E-state index contributed by atoms with van der Waals surface area (Å²) in [4.78, 5) is 17.7. The van der Waals surface area contributed by atoms with Crippen LogP contribution in [0.3, 0.4) is 0 Å². The van der Waals surface area contributed by atoms with Crippen molar-refractivity contribution in [3.8, 4) is 0 Å². The average Bonchev–Trinajstić information content (AvgIpc) is 1.77. The van der Waals surface area contributed by atoms with Crippen molar-refractivity contribution in [2.45, 2.75) is 40.5 Å². The van der Waals surface area contributed by atoms with Crippen molar-refractivity contribution in [1.82, 2.24) is 0 Å². The van der Waals surface area contributed by atoms with E-state index < -0.39 is 7.60 Å². The van der Waals surface area contributed by atoms with Gasteiger partial charge in [-0.3, -0.25) is 4.57 Å². The highest BCUT2D eigenvalue weighted by atomic mass is 31.2. The molecule has 3 nitrogen and oxygen atoms in total. The van der Waals surface area contributed by atoms with Gasteiger partial charge in [-0.1, -0.05) is 33.3 Å². The lowest BCUT2D eigenvalue weighted by Crippen LogP contribution is -1.97. The first-order valence-electron chi connectivity index (χ1n) is 4.96. The highest BCUT2D eigenvalue weighted by molar-refractivity contribution is 7.55. The molecular weight excluding hydrogens is 199 g/mol. The van der Waals surface area contributed by atoms with E-state index in [1.165, 1.54) is 0 Å². The van der Waals surface area contributed by atoms with Crippen molar-refractivity contribution in [3.05, 3.63) is 11.4 Å². The van der Waals surface area contributed by atoms with E-state index in [2.05, 4.69) is 0 Å². The molecule has 0 saturated heterocycles. The topological polar surface area (TPSA) is 57.5 Å². The van der Waals surface area contributed by atoms with Crippen LogP contribution >= 0.6 is 7.60 Å². The Balaban J connectivity index is 4.55. The number of hydrogen-bond donors (Lipinski definition) is 2. The van der Waals surface area contributed by atoms with Crippen LogP contribution in [0.1, 0.15) is 40.5 Å². The maximum Gasteiger partial charge on any atom is 0.349 e. The molecule has 0 atom stereocenters. The molecule has 4 heteroatoms. The van der Waals surface area contributed by atoms with Crippen molar-refractivity contribution < 1.29 is 14.4 Å². The molecule has 0 heterocycles. The summed E-state index contributed by atoms with van der Waals surface area (Å²) >= 11 is 0. The normalized spacial score (nSPS) is 12.3. The summed E-state index contributed by atoms with van der Waals surface area (Å²) in [5, 5.41) is 0. The fourth-order valence-corrected chi connectivity index (χ4v) is 2.16. The van der Waals surface area contributed by atoms with E-state index in [1.807, 2.05) is 27.7 Å². The van der Waals surface area contributed by atoms with E-state index in [4.69, 9.17) is 9.79 Å². The fraction of sp³-hybridized carbons (Fsp3) is 0.800. The number of hydrogen-bond acceptors (Lipinski definition) is 1. The quantitative estimate of drug-likeness (QED) is 0.700. The fourth-order valence-electron chi connectivity index (χ4n) is 1.48. The monoisotopic (exact) mass is 220 g/mol. The van der Waals surface area contributed by atoms with Gasteiger partial charge in [-0.25, -0.2) is 0 Å². The third-order valence-electron chi connectivity index (χ3n) is 1.69. The molecule has 0 spiro atoms. The van der Waals surface area contributed by atoms with Crippen molar-refractivity contribution in [2.75, 3.05) is 0 Å². The summed E-state index contributed by atoms with van der Waals surface area (Å²) < 4.78 is 10.8. The minimum absolute atomic E-state index is 0.437. The molecule has 0 fully saturated rings. The highest BCUT2D eigenvalue weighted by Crippen LogP contribution is 2.39. The second-order valence-electron chi connectivity index (χ2n) is 4.57. The first kappa shape index (κ1) is 13.9. The zero-order chi connectivity index (χ0) is 11.4. The van der Waals surface area contributed by atoms with Crippen LogP contribution in [0.25, 0.3) is 0 Å². The smallest absolute Gasteiger partial charge is 0.321 e. The average molecular weight is 220 g/mol. The van der Waals surface area contributed by atoms with E-state index in [0.29, 0.717) is 11.8 Å². The number of rotatable bonds is 5. The highest BCUT2D eigenvalue weighted by Gasteiger charge is 2.12. The zero-order valence-electron chi connectivity index (χ0n) is 9.40. The second-order valence-corrected chi connectivity index (χ2v) is 6.01. The zero-order valence-corrected chi connectivity index (χ0v) is 10.3. The van der Waals surface area contributed by atoms with Gasteiger partial charge >= 0.3 is 7.60 Å². The van der Waals surface area contributed by atoms with Crippen molar-refractivity contribution in [2.24, 2.45) is 11.8 Å². The van der Waals surface area contributed by atoms with Crippen LogP contribution < -0.4 is 0 Å². The van der Waals surface area contributed by atoms with Gasteiger partial charge in [-0.15, -0.1) is 0 Å². The molecule has 84 valence electrons. The Bertz CT molecular complexity index is 226. The maximum absolute atomic E-state index is 10.8. The van der Waals surface area contributed by atoms with Gasteiger partial charge in [0.2, 0.25) is 0 Å². The van der Waals surface area contributed by atoms with E-state index in [-0.39, 0.29) is 0 Å². The summed E-state index contributed by atoms with van der Waals surface area (Å²) in [7, 11) is -4.00. The Labute approximate surface area is 86.4 Å². The van der Waals surface area contributed by atoms with Gasteiger partial charge in [-0.05, 0) is 24.7 Å². The van der Waals surface area contributed by atoms with E-state index in [0.717, 1.165) is 24.2 Å². The van der Waals surface area contributed by atoms with Crippen molar-refractivity contribution in [3.63, 3.8) is 0 Å². The van der Waals surface area contributed by atoms with Gasteiger partial charge in [0.1, 0.15) is 0 Å². The Kier molecular flexibility index (Phi) is 5.65. The van der Waals surface area contributed by atoms with Crippen LogP contribution in [0, 0.1) is 11.8 Å². The molecule has 0 radical (unpaired) electrons. The summed E-state index contributed by atoms with van der Waals surface area (Å²) in [5.41, 5.74) is 0.878. The molecule has 0 unspecified atom stereocenters. The second kappa shape index (κ2) is 5.69.